The Morgan fingerprint density at radius 1 is 1.03 bits per heavy atom. The Hall–Kier alpha value is -3.22. The van der Waals surface area contributed by atoms with Crippen molar-refractivity contribution < 1.29 is 9.53 Å². The summed E-state index contributed by atoms with van der Waals surface area (Å²) in [4.78, 5) is 20.2. The molecule has 0 spiro atoms. The number of aromatic nitrogens is 1. The van der Waals surface area contributed by atoms with Gasteiger partial charge in [-0.15, -0.1) is 11.3 Å². The van der Waals surface area contributed by atoms with Gasteiger partial charge in [-0.05, 0) is 43.8 Å². The van der Waals surface area contributed by atoms with E-state index in [1.54, 1.807) is 11.3 Å². The molecule has 0 aliphatic rings. The number of amides is 1. The van der Waals surface area contributed by atoms with E-state index in [-0.39, 0.29) is 5.91 Å². The minimum absolute atomic E-state index is 0.109. The predicted molar refractivity (Wildman–Crippen MR) is 127 cm³/mol. The molecule has 4 rings (SSSR count). The van der Waals surface area contributed by atoms with Gasteiger partial charge in [-0.25, -0.2) is 4.98 Å². The number of benzene rings is 3. The molecule has 0 aliphatic carbocycles. The van der Waals surface area contributed by atoms with Crippen LogP contribution >= 0.6 is 11.3 Å². The van der Waals surface area contributed by atoms with E-state index in [1.807, 2.05) is 91.7 Å². The first-order valence-electron chi connectivity index (χ1n) is 10.3. The quantitative estimate of drug-likeness (QED) is 0.400. The molecule has 6 heteroatoms. The van der Waals surface area contributed by atoms with E-state index in [0.29, 0.717) is 24.6 Å². The number of carbonyl (C=O) groups excluding carboxylic acids is 1. The number of hydrogen-bond acceptors (Lipinski definition) is 5. The van der Waals surface area contributed by atoms with E-state index in [2.05, 4.69) is 11.4 Å². The SMILES string of the molecule is CCOc1ccccc1NC(=O)[C@H](c1ccccc1)N(C)Cc1nc2ccccc2s1. The summed E-state index contributed by atoms with van der Waals surface area (Å²) in [6.45, 7) is 3.03. The van der Waals surface area contributed by atoms with Crippen LogP contribution in [0.1, 0.15) is 23.5 Å². The van der Waals surface area contributed by atoms with Crippen LogP contribution in [0.2, 0.25) is 0 Å². The van der Waals surface area contributed by atoms with Gasteiger partial charge in [0.1, 0.15) is 16.8 Å². The predicted octanol–water partition coefficient (Wildman–Crippen LogP) is 5.51. The molecule has 5 nitrogen and oxygen atoms in total. The second-order valence-electron chi connectivity index (χ2n) is 7.22. The zero-order valence-corrected chi connectivity index (χ0v) is 18.4. The highest BCUT2D eigenvalue weighted by Gasteiger charge is 2.26. The number of rotatable bonds is 8. The van der Waals surface area contributed by atoms with Crippen molar-refractivity contribution in [2.24, 2.45) is 0 Å². The van der Waals surface area contributed by atoms with Crippen LogP contribution in [0.4, 0.5) is 5.69 Å². The standard InChI is InChI=1S/C25H25N3O2S/c1-3-30-21-15-9-7-13-19(21)27-25(29)24(18-11-5-4-6-12-18)28(2)17-23-26-20-14-8-10-16-22(20)31-23/h4-16,24H,3,17H2,1-2H3,(H,27,29)/t24-/m0/s1. The molecule has 0 bridgehead atoms. The number of nitrogens with one attached hydrogen (secondary N) is 1. The lowest BCUT2D eigenvalue weighted by molar-refractivity contribution is -0.121. The van der Waals surface area contributed by atoms with Gasteiger partial charge in [-0.3, -0.25) is 9.69 Å². The summed E-state index contributed by atoms with van der Waals surface area (Å²) in [7, 11) is 1.96. The summed E-state index contributed by atoms with van der Waals surface area (Å²) in [5, 5.41) is 4.04. The normalized spacial score (nSPS) is 12.1. The molecule has 1 atom stereocenters. The lowest BCUT2D eigenvalue weighted by Crippen LogP contribution is -2.34. The van der Waals surface area contributed by atoms with Crippen molar-refractivity contribution in [2.75, 3.05) is 19.0 Å². The molecule has 0 unspecified atom stereocenters. The van der Waals surface area contributed by atoms with Crippen molar-refractivity contribution in [3.8, 4) is 5.75 Å². The number of carbonyl (C=O) groups is 1. The minimum Gasteiger partial charge on any atom is -0.492 e. The molecule has 1 N–H and O–H groups in total. The van der Waals surface area contributed by atoms with Crippen molar-refractivity contribution >= 4 is 33.1 Å². The Morgan fingerprint density at radius 2 is 1.74 bits per heavy atom. The monoisotopic (exact) mass is 431 g/mol. The Kier molecular flexibility index (Phi) is 6.60. The maximum Gasteiger partial charge on any atom is 0.246 e. The van der Waals surface area contributed by atoms with Crippen molar-refractivity contribution in [2.45, 2.75) is 19.5 Å². The summed E-state index contributed by atoms with van der Waals surface area (Å²) in [6.07, 6.45) is 0. The van der Waals surface area contributed by atoms with E-state index in [9.17, 15) is 4.79 Å². The molecule has 3 aromatic carbocycles. The highest BCUT2D eigenvalue weighted by molar-refractivity contribution is 7.18. The van der Waals surface area contributed by atoms with Crippen molar-refractivity contribution in [1.82, 2.24) is 9.88 Å². The molecule has 1 aromatic heterocycles. The number of thiazole rings is 1. The summed E-state index contributed by atoms with van der Waals surface area (Å²) < 4.78 is 6.83. The Balaban J connectivity index is 1.60. The first-order valence-corrected chi connectivity index (χ1v) is 11.1. The van der Waals surface area contributed by atoms with Gasteiger partial charge in [0.05, 0.1) is 29.1 Å². The third-order valence-corrected chi connectivity index (χ3v) is 5.99. The zero-order valence-electron chi connectivity index (χ0n) is 17.6. The molecule has 0 saturated heterocycles. The number of para-hydroxylation sites is 3. The van der Waals surface area contributed by atoms with Gasteiger partial charge in [-0.1, -0.05) is 54.6 Å². The van der Waals surface area contributed by atoms with Gasteiger partial charge in [0.15, 0.2) is 0 Å². The van der Waals surface area contributed by atoms with Gasteiger partial charge < -0.3 is 10.1 Å². The van der Waals surface area contributed by atoms with E-state index >= 15 is 0 Å². The highest BCUT2D eigenvalue weighted by Crippen LogP contribution is 2.29. The van der Waals surface area contributed by atoms with Crippen LogP contribution in [-0.2, 0) is 11.3 Å². The molecule has 0 fully saturated rings. The molecule has 0 aliphatic heterocycles. The molecule has 1 amide bonds. The maximum absolute atomic E-state index is 13.4. The Labute approximate surface area is 186 Å². The molecule has 0 saturated carbocycles. The fourth-order valence-corrected chi connectivity index (χ4v) is 4.62. The van der Waals surface area contributed by atoms with E-state index in [4.69, 9.17) is 9.72 Å². The van der Waals surface area contributed by atoms with Crippen LogP contribution in [0.25, 0.3) is 10.2 Å². The third-order valence-electron chi connectivity index (χ3n) is 4.97. The number of hydrogen-bond donors (Lipinski definition) is 1. The maximum atomic E-state index is 13.4. The molecule has 31 heavy (non-hydrogen) atoms. The van der Waals surface area contributed by atoms with Crippen LogP contribution < -0.4 is 10.1 Å². The van der Waals surface area contributed by atoms with Crippen molar-refractivity contribution in [1.29, 1.82) is 0 Å². The van der Waals surface area contributed by atoms with Gasteiger partial charge in [-0.2, -0.15) is 0 Å². The van der Waals surface area contributed by atoms with E-state index < -0.39 is 6.04 Å². The number of likely N-dealkylation sites (N-methyl/N-ethyl adjacent to an activating group) is 1. The second-order valence-corrected chi connectivity index (χ2v) is 8.34. The van der Waals surface area contributed by atoms with E-state index in [0.717, 1.165) is 20.8 Å². The topological polar surface area (TPSA) is 54.5 Å². The van der Waals surface area contributed by atoms with Gasteiger partial charge in [0.25, 0.3) is 0 Å². The third kappa shape index (κ3) is 4.93. The Morgan fingerprint density at radius 3 is 2.52 bits per heavy atom. The van der Waals surface area contributed by atoms with Crippen LogP contribution in [0, 0.1) is 0 Å². The lowest BCUT2D eigenvalue weighted by Gasteiger charge is -2.27. The van der Waals surface area contributed by atoms with Crippen LogP contribution in [0.5, 0.6) is 5.75 Å². The first-order chi connectivity index (χ1) is 15.2. The van der Waals surface area contributed by atoms with Crippen LogP contribution in [0.15, 0.2) is 78.9 Å². The Bertz CT molecular complexity index is 1130. The highest BCUT2D eigenvalue weighted by atomic mass is 32.1. The summed E-state index contributed by atoms with van der Waals surface area (Å²) in [5.74, 6) is 0.556. The second kappa shape index (κ2) is 9.73. The molecule has 4 aromatic rings. The average molecular weight is 432 g/mol. The lowest BCUT2D eigenvalue weighted by atomic mass is 10.0. The van der Waals surface area contributed by atoms with Gasteiger partial charge in [0, 0.05) is 0 Å². The molecular formula is C25H25N3O2S. The summed E-state index contributed by atoms with van der Waals surface area (Å²) >= 11 is 1.66. The number of fused-ring (bicyclic) bond motifs is 1. The van der Waals surface area contributed by atoms with Gasteiger partial charge in [0.2, 0.25) is 5.91 Å². The van der Waals surface area contributed by atoms with Crippen molar-refractivity contribution in [3.05, 3.63) is 89.4 Å². The summed E-state index contributed by atoms with van der Waals surface area (Å²) in [5.41, 5.74) is 2.59. The zero-order chi connectivity index (χ0) is 21.6. The number of nitrogens with zero attached hydrogens (tertiary/aromatic N) is 2. The summed E-state index contributed by atoms with van der Waals surface area (Å²) in [6, 6.07) is 25.0. The average Bonchev–Trinajstić information content (AvgIpc) is 3.18. The fourth-order valence-electron chi connectivity index (χ4n) is 3.59. The largest absolute Gasteiger partial charge is 0.492 e. The van der Waals surface area contributed by atoms with Gasteiger partial charge >= 0.3 is 0 Å². The smallest absolute Gasteiger partial charge is 0.246 e. The van der Waals surface area contributed by atoms with Crippen LogP contribution in [-0.4, -0.2) is 29.4 Å². The molecule has 0 radical (unpaired) electrons. The number of ether oxygens (including phenoxy) is 1. The molecular weight excluding hydrogens is 406 g/mol. The number of anilines is 1. The molecule has 1 heterocycles. The van der Waals surface area contributed by atoms with Crippen molar-refractivity contribution in [3.63, 3.8) is 0 Å². The first kappa shape index (κ1) is 21.0. The minimum atomic E-state index is -0.470. The fraction of sp³-hybridized carbons (Fsp3) is 0.200. The van der Waals surface area contributed by atoms with Crippen LogP contribution in [0.3, 0.4) is 0 Å². The van der Waals surface area contributed by atoms with E-state index in [1.165, 1.54) is 0 Å². The molecule has 158 valence electrons.